The van der Waals surface area contributed by atoms with Crippen molar-refractivity contribution in [3.05, 3.63) is 70.7 Å². The van der Waals surface area contributed by atoms with E-state index in [1.54, 1.807) is 11.8 Å². The second-order valence-electron chi connectivity index (χ2n) is 4.38. The van der Waals surface area contributed by atoms with Gasteiger partial charge in [-0.2, -0.15) is 0 Å². The average Bonchev–Trinajstić information content (AvgIpc) is 2.48. The highest BCUT2D eigenvalue weighted by atomic mass is 35.5. The Morgan fingerprint density at radius 1 is 1.00 bits per heavy atom. The van der Waals surface area contributed by atoms with Crippen LogP contribution in [0.2, 0.25) is 5.02 Å². The van der Waals surface area contributed by atoms with Crippen molar-refractivity contribution in [1.82, 2.24) is 5.32 Å². The molecule has 0 heterocycles. The number of rotatable bonds is 6. The van der Waals surface area contributed by atoms with Gasteiger partial charge < -0.3 is 5.32 Å². The Labute approximate surface area is 128 Å². The lowest BCUT2D eigenvalue weighted by atomic mass is 10.2. The van der Waals surface area contributed by atoms with Gasteiger partial charge in [0.1, 0.15) is 0 Å². The highest BCUT2D eigenvalue weighted by Crippen LogP contribution is 2.12. The summed E-state index contributed by atoms with van der Waals surface area (Å²) in [6, 6.07) is 17.6. The summed E-state index contributed by atoms with van der Waals surface area (Å²) in [5.74, 6) is 1.39. The Balaban J connectivity index is 1.67. The van der Waals surface area contributed by atoms with Crippen LogP contribution in [0.25, 0.3) is 0 Å². The molecule has 4 heteroatoms. The fraction of sp³-hybridized carbons (Fsp3) is 0.188. The van der Waals surface area contributed by atoms with E-state index < -0.39 is 0 Å². The van der Waals surface area contributed by atoms with Crippen LogP contribution in [0.5, 0.6) is 0 Å². The van der Waals surface area contributed by atoms with Crippen molar-refractivity contribution in [3.63, 3.8) is 0 Å². The zero-order valence-electron chi connectivity index (χ0n) is 11.0. The van der Waals surface area contributed by atoms with Crippen molar-refractivity contribution in [1.29, 1.82) is 0 Å². The van der Waals surface area contributed by atoms with Gasteiger partial charge in [-0.3, -0.25) is 4.79 Å². The van der Waals surface area contributed by atoms with Crippen molar-refractivity contribution < 1.29 is 4.79 Å². The van der Waals surface area contributed by atoms with E-state index in [2.05, 4.69) is 17.4 Å². The molecule has 20 heavy (non-hydrogen) atoms. The third kappa shape index (κ3) is 5.27. The molecule has 0 fully saturated rings. The molecule has 0 bridgehead atoms. The summed E-state index contributed by atoms with van der Waals surface area (Å²) in [4.78, 5) is 11.7. The number of nitrogens with one attached hydrogen (secondary N) is 1. The summed E-state index contributed by atoms with van der Waals surface area (Å²) in [7, 11) is 0. The van der Waals surface area contributed by atoms with E-state index in [-0.39, 0.29) is 5.91 Å². The molecule has 0 saturated carbocycles. The number of hydrogen-bond donors (Lipinski definition) is 1. The van der Waals surface area contributed by atoms with Crippen molar-refractivity contribution in [2.45, 2.75) is 12.3 Å². The van der Waals surface area contributed by atoms with Crippen LogP contribution in [0.1, 0.15) is 11.1 Å². The van der Waals surface area contributed by atoms with Gasteiger partial charge in [-0.25, -0.2) is 0 Å². The molecule has 1 N–H and O–H groups in total. The summed E-state index contributed by atoms with van der Waals surface area (Å²) in [6.45, 7) is 0.544. The normalized spacial score (nSPS) is 10.2. The van der Waals surface area contributed by atoms with E-state index >= 15 is 0 Å². The standard InChI is InChI=1S/C16H16ClNOS/c17-15-8-6-13(7-9-15)10-18-16(19)12-20-11-14-4-2-1-3-5-14/h1-9H,10-12H2,(H,18,19). The first-order valence-corrected chi connectivity index (χ1v) is 7.90. The van der Waals surface area contributed by atoms with E-state index in [1.807, 2.05) is 42.5 Å². The number of carbonyl (C=O) groups excluding carboxylic acids is 1. The first-order valence-electron chi connectivity index (χ1n) is 6.37. The Morgan fingerprint density at radius 3 is 2.40 bits per heavy atom. The molecular formula is C16H16ClNOS. The third-order valence-corrected chi connectivity index (χ3v) is 4.00. The molecule has 2 rings (SSSR count). The summed E-state index contributed by atoms with van der Waals surface area (Å²) in [6.07, 6.45) is 0. The van der Waals surface area contributed by atoms with E-state index in [9.17, 15) is 4.79 Å². The number of halogens is 1. The monoisotopic (exact) mass is 305 g/mol. The fourth-order valence-corrected chi connectivity index (χ4v) is 2.63. The Hall–Kier alpha value is -1.45. The molecule has 0 atom stereocenters. The van der Waals surface area contributed by atoms with Crippen LogP contribution in [0, 0.1) is 0 Å². The summed E-state index contributed by atoms with van der Waals surface area (Å²) in [5.41, 5.74) is 2.29. The van der Waals surface area contributed by atoms with Crippen LogP contribution < -0.4 is 5.32 Å². The lowest BCUT2D eigenvalue weighted by Crippen LogP contribution is -2.24. The van der Waals surface area contributed by atoms with E-state index in [0.29, 0.717) is 17.3 Å². The molecule has 0 aliphatic carbocycles. The predicted molar refractivity (Wildman–Crippen MR) is 85.9 cm³/mol. The number of amides is 1. The van der Waals surface area contributed by atoms with E-state index in [1.165, 1.54) is 5.56 Å². The van der Waals surface area contributed by atoms with Gasteiger partial charge in [0.05, 0.1) is 5.75 Å². The zero-order chi connectivity index (χ0) is 14.2. The SMILES string of the molecule is O=C(CSCc1ccccc1)NCc1ccc(Cl)cc1. The second-order valence-corrected chi connectivity index (χ2v) is 5.80. The second kappa shape index (κ2) is 7.98. The Bertz CT molecular complexity index is 542. The summed E-state index contributed by atoms with van der Waals surface area (Å²) < 4.78 is 0. The van der Waals surface area contributed by atoms with Crippen LogP contribution in [-0.4, -0.2) is 11.7 Å². The zero-order valence-corrected chi connectivity index (χ0v) is 12.6. The molecule has 1 amide bonds. The molecule has 2 aromatic carbocycles. The van der Waals surface area contributed by atoms with Crippen molar-refractivity contribution in [2.75, 3.05) is 5.75 Å². The molecule has 2 nitrogen and oxygen atoms in total. The molecule has 0 spiro atoms. The molecule has 0 unspecified atom stereocenters. The van der Waals surface area contributed by atoms with Crippen LogP contribution in [0.15, 0.2) is 54.6 Å². The minimum absolute atomic E-state index is 0.0564. The molecule has 0 aromatic heterocycles. The Morgan fingerprint density at radius 2 is 1.70 bits per heavy atom. The van der Waals surface area contributed by atoms with Crippen molar-refractivity contribution >= 4 is 29.3 Å². The van der Waals surface area contributed by atoms with Gasteiger partial charge in [-0.1, -0.05) is 54.1 Å². The molecular weight excluding hydrogens is 290 g/mol. The maximum atomic E-state index is 11.7. The molecule has 2 aromatic rings. The largest absolute Gasteiger partial charge is 0.351 e. The van der Waals surface area contributed by atoms with Gasteiger partial charge in [0.15, 0.2) is 0 Å². The molecule has 104 valence electrons. The van der Waals surface area contributed by atoms with E-state index in [0.717, 1.165) is 11.3 Å². The van der Waals surface area contributed by atoms with Gasteiger partial charge in [-0.15, -0.1) is 11.8 Å². The number of thioether (sulfide) groups is 1. The highest BCUT2D eigenvalue weighted by Gasteiger charge is 2.02. The molecule has 0 aliphatic heterocycles. The van der Waals surface area contributed by atoms with Gasteiger partial charge in [-0.05, 0) is 23.3 Å². The van der Waals surface area contributed by atoms with Crippen molar-refractivity contribution in [2.24, 2.45) is 0 Å². The summed E-state index contributed by atoms with van der Waals surface area (Å²) in [5, 5.41) is 3.61. The average molecular weight is 306 g/mol. The first-order chi connectivity index (χ1) is 9.74. The molecule has 0 radical (unpaired) electrons. The minimum Gasteiger partial charge on any atom is -0.351 e. The highest BCUT2D eigenvalue weighted by molar-refractivity contribution is 7.99. The lowest BCUT2D eigenvalue weighted by molar-refractivity contribution is -0.118. The smallest absolute Gasteiger partial charge is 0.230 e. The quantitative estimate of drug-likeness (QED) is 0.877. The van der Waals surface area contributed by atoms with Crippen LogP contribution >= 0.6 is 23.4 Å². The minimum atomic E-state index is 0.0564. The maximum absolute atomic E-state index is 11.7. The number of benzene rings is 2. The number of hydrogen-bond acceptors (Lipinski definition) is 2. The fourth-order valence-electron chi connectivity index (χ4n) is 1.69. The number of carbonyl (C=O) groups is 1. The Kier molecular flexibility index (Phi) is 5.96. The van der Waals surface area contributed by atoms with Crippen LogP contribution in [0.3, 0.4) is 0 Å². The maximum Gasteiger partial charge on any atom is 0.230 e. The summed E-state index contributed by atoms with van der Waals surface area (Å²) >= 11 is 7.43. The first kappa shape index (κ1) is 14.9. The van der Waals surface area contributed by atoms with Gasteiger partial charge >= 0.3 is 0 Å². The van der Waals surface area contributed by atoms with E-state index in [4.69, 9.17) is 11.6 Å². The molecule has 0 saturated heterocycles. The van der Waals surface area contributed by atoms with Crippen LogP contribution in [-0.2, 0) is 17.1 Å². The predicted octanol–water partition coefficient (Wildman–Crippen LogP) is 3.89. The van der Waals surface area contributed by atoms with Crippen LogP contribution in [0.4, 0.5) is 0 Å². The van der Waals surface area contributed by atoms with Gasteiger partial charge in [0, 0.05) is 17.3 Å². The van der Waals surface area contributed by atoms with Gasteiger partial charge in [0.2, 0.25) is 5.91 Å². The third-order valence-electron chi connectivity index (χ3n) is 2.75. The lowest BCUT2D eigenvalue weighted by Gasteiger charge is -2.05. The van der Waals surface area contributed by atoms with Gasteiger partial charge in [0.25, 0.3) is 0 Å². The topological polar surface area (TPSA) is 29.1 Å². The molecule has 0 aliphatic rings. The van der Waals surface area contributed by atoms with Crippen molar-refractivity contribution in [3.8, 4) is 0 Å².